The van der Waals surface area contributed by atoms with Crippen molar-refractivity contribution >= 4 is 29.9 Å². The van der Waals surface area contributed by atoms with E-state index in [4.69, 9.17) is 9.47 Å². The molecule has 1 aromatic carbocycles. The van der Waals surface area contributed by atoms with Crippen LogP contribution in [0.4, 0.5) is 8.78 Å². The quantitative estimate of drug-likeness (QED) is 0.210. The van der Waals surface area contributed by atoms with Gasteiger partial charge in [-0.1, -0.05) is 13.8 Å². The molecule has 27 heavy (non-hydrogen) atoms. The molecule has 0 radical (unpaired) electrons. The van der Waals surface area contributed by atoms with E-state index in [0.717, 1.165) is 13.0 Å². The number of nitrogens with one attached hydrogen (secondary N) is 2. The van der Waals surface area contributed by atoms with Crippen molar-refractivity contribution < 1.29 is 23.0 Å². The number of hydrogen-bond acceptors (Lipinski definition) is 4. The van der Waals surface area contributed by atoms with E-state index in [1.807, 2.05) is 0 Å². The first-order chi connectivity index (χ1) is 12.5. The summed E-state index contributed by atoms with van der Waals surface area (Å²) in [4.78, 5) is 4.12. The largest absolute Gasteiger partial charge is 0.497 e. The first-order valence-electron chi connectivity index (χ1n) is 8.60. The predicted octanol–water partition coefficient (Wildman–Crippen LogP) is 3.64. The summed E-state index contributed by atoms with van der Waals surface area (Å²) in [6.07, 6.45) is 0.840. The third-order valence-corrected chi connectivity index (χ3v) is 3.36. The summed E-state index contributed by atoms with van der Waals surface area (Å²) in [5.74, 6) is 1.75. The molecule has 6 nitrogen and oxygen atoms in total. The minimum atomic E-state index is -2.88. The van der Waals surface area contributed by atoms with Crippen LogP contribution in [-0.4, -0.2) is 46.5 Å². The average Bonchev–Trinajstić information content (AvgIpc) is 2.60. The van der Waals surface area contributed by atoms with Gasteiger partial charge in [0.2, 0.25) is 0 Å². The molecule has 2 N–H and O–H groups in total. The van der Waals surface area contributed by atoms with Gasteiger partial charge in [-0.05, 0) is 30.5 Å². The fourth-order valence-corrected chi connectivity index (χ4v) is 2.13. The third kappa shape index (κ3) is 11.2. The molecular weight excluding hydrogens is 471 g/mol. The van der Waals surface area contributed by atoms with E-state index in [9.17, 15) is 8.78 Å². The second kappa shape index (κ2) is 14.7. The van der Waals surface area contributed by atoms with Gasteiger partial charge in [-0.2, -0.15) is 8.78 Å². The summed E-state index contributed by atoms with van der Waals surface area (Å²) >= 11 is 0. The Kier molecular flexibility index (Phi) is 13.9. The number of guanidine groups is 1. The molecule has 0 bridgehead atoms. The molecule has 0 aliphatic rings. The standard InChI is InChI=1S/C18H29F2N3O3.HI/c1-13(2)12-25-9-5-8-22-18(21-3)23-11-14-10-15(24-4)6-7-16(14)26-17(19)20;/h6-7,10,13,17H,5,8-9,11-12H2,1-4H3,(H2,21,22,23);1H. The summed E-state index contributed by atoms with van der Waals surface area (Å²) in [5, 5.41) is 6.23. The van der Waals surface area contributed by atoms with E-state index in [0.29, 0.717) is 36.3 Å². The van der Waals surface area contributed by atoms with Crippen molar-refractivity contribution in [1.82, 2.24) is 10.6 Å². The maximum Gasteiger partial charge on any atom is 0.387 e. The Morgan fingerprint density at radius 3 is 2.56 bits per heavy atom. The lowest BCUT2D eigenvalue weighted by molar-refractivity contribution is -0.0504. The molecule has 0 unspecified atom stereocenters. The van der Waals surface area contributed by atoms with Gasteiger partial charge in [0.05, 0.1) is 7.11 Å². The Bertz CT molecular complexity index is 561. The molecule has 0 aliphatic heterocycles. The van der Waals surface area contributed by atoms with Crippen LogP contribution in [0.2, 0.25) is 0 Å². The highest BCUT2D eigenvalue weighted by Gasteiger charge is 2.11. The molecule has 0 amide bonds. The average molecular weight is 501 g/mol. The molecule has 9 heteroatoms. The van der Waals surface area contributed by atoms with Crippen LogP contribution < -0.4 is 20.1 Å². The molecule has 0 atom stereocenters. The zero-order chi connectivity index (χ0) is 19.4. The van der Waals surface area contributed by atoms with Crippen molar-refractivity contribution in [2.75, 3.05) is 33.9 Å². The first kappa shape index (κ1) is 25.6. The van der Waals surface area contributed by atoms with Crippen LogP contribution in [0.15, 0.2) is 23.2 Å². The molecule has 0 aromatic heterocycles. The molecule has 1 aromatic rings. The van der Waals surface area contributed by atoms with Crippen molar-refractivity contribution in [2.45, 2.75) is 33.4 Å². The number of aliphatic imine (C=N–C) groups is 1. The molecule has 0 fully saturated rings. The van der Waals surface area contributed by atoms with Gasteiger partial charge >= 0.3 is 6.61 Å². The van der Waals surface area contributed by atoms with Gasteiger partial charge in [0.25, 0.3) is 0 Å². The topological polar surface area (TPSA) is 64.1 Å². The van der Waals surface area contributed by atoms with Gasteiger partial charge in [-0.3, -0.25) is 4.99 Å². The zero-order valence-electron chi connectivity index (χ0n) is 16.3. The number of benzene rings is 1. The summed E-state index contributed by atoms with van der Waals surface area (Å²) in [7, 11) is 3.16. The summed E-state index contributed by atoms with van der Waals surface area (Å²) in [6.45, 7) is 3.70. The molecule has 0 saturated heterocycles. The number of alkyl halides is 2. The van der Waals surface area contributed by atoms with E-state index in [1.165, 1.54) is 13.2 Å². The lowest BCUT2D eigenvalue weighted by Crippen LogP contribution is -2.37. The van der Waals surface area contributed by atoms with Crippen LogP contribution in [0, 0.1) is 5.92 Å². The summed E-state index contributed by atoms with van der Waals surface area (Å²) in [6, 6.07) is 4.69. The molecular formula is C18H30F2IN3O3. The number of halogens is 3. The van der Waals surface area contributed by atoms with E-state index >= 15 is 0 Å². The molecule has 156 valence electrons. The van der Waals surface area contributed by atoms with Gasteiger partial charge < -0.3 is 24.8 Å². The van der Waals surface area contributed by atoms with Crippen LogP contribution in [0.5, 0.6) is 11.5 Å². The fraction of sp³-hybridized carbons (Fsp3) is 0.611. The lowest BCUT2D eigenvalue weighted by atomic mass is 10.2. The Morgan fingerprint density at radius 1 is 1.22 bits per heavy atom. The number of hydrogen-bond donors (Lipinski definition) is 2. The van der Waals surface area contributed by atoms with Gasteiger partial charge in [0.15, 0.2) is 5.96 Å². The van der Waals surface area contributed by atoms with Gasteiger partial charge in [-0.25, -0.2) is 0 Å². The Labute approximate surface area is 177 Å². The predicted molar refractivity (Wildman–Crippen MR) is 114 cm³/mol. The van der Waals surface area contributed by atoms with Crippen LogP contribution in [0.3, 0.4) is 0 Å². The van der Waals surface area contributed by atoms with E-state index < -0.39 is 6.61 Å². The number of methoxy groups -OCH3 is 1. The molecule has 0 saturated carbocycles. The van der Waals surface area contributed by atoms with Crippen LogP contribution in [0.25, 0.3) is 0 Å². The van der Waals surface area contributed by atoms with Crippen molar-refractivity contribution in [2.24, 2.45) is 10.9 Å². The maximum atomic E-state index is 12.5. The summed E-state index contributed by atoms with van der Waals surface area (Å²) < 4.78 is 40.3. The fourth-order valence-electron chi connectivity index (χ4n) is 2.13. The van der Waals surface area contributed by atoms with Crippen LogP contribution in [-0.2, 0) is 11.3 Å². The van der Waals surface area contributed by atoms with Gasteiger partial charge in [0, 0.05) is 38.9 Å². The first-order valence-corrected chi connectivity index (χ1v) is 8.60. The molecule has 0 heterocycles. The van der Waals surface area contributed by atoms with Crippen molar-refractivity contribution in [3.05, 3.63) is 23.8 Å². The van der Waals surface area contributed by atoms with Gasteiger partial charge in [0.1, 0.15) is 11.5 Å². The lowest BCUT2D eigenvalue weighted by Gasteiger charge is -2.15. The van der Waals surface area contributed by atoms with Crippen molar-refractivity contribution in [3.8, 4) is 11.5 Å². The number of rotatable bonds is 11. The second-order valence-electron chi connectivity index (χ2n) is 6.03. The van der Waals surface area contributed by atoms with E-state index in [-0.39, 0.29) is 36.3 Å². The second-order valence-corrected chi connectivity index (χ2v) is 6.03. The number of ether oxygens (including phenoxy) is 3. The zero-order valence-corrected chi connectivity index (χ0v) is 18.6. The SMILES string of the molecule is CN=C(NCCCOCC(C)C)NCc1cc(OC)ccc1OC(F)F.I. The van der Waals surface area contributed by atoms with E-state index in [1.54, 1.807) is 19.2 Å². The maximum absolute atomic E-state index is 12.5. The van der Waals surface area contributed by atoms with Crippen molar-refractivity contribution in [3.63, 3.8) is 0 Å². The Morgan fingerprint density at radius 2 is 1.96 bits per heavy atom. The van der Waals surface area contributed by atoms with Gasteiger partial charge in [-0.15, -0.1) is 24.0 Å². The third-order valence-electron chi connectivity index (χ3n) is 3.36. The highest BCUT2D eigenvalue weighted by atomic mass is 127. The highest BCUT2D eigenvalue weighted by molar-refractivity contribution is 14.0. The molecule has 0 spiro atoms. The normalized spacial score (nSPS) is 11.3. The Hall–Kier alpha value is -1.36. The minimum Gasteiger partial charge on any atom is -0.497 e. The van der Waals surface area contributed by atoms with E-state index in [2.05, 4.69) is 34.2 Å². The smallest absolute Gasteiger partial charge is 0.387 e. The summed E-state index contributed by atoms with van der Waals surface area (Å²) in [5.41, 5.74) is 0.549. The highest BCUT2D eigenvalue weighted by Crippen LogP contribution is 2.25. The minimum absolute atomic E-state index is 0. The van der Waals surface area contributed by atoms with Crippen molar-refractivity contribution in [1.29, 1.82) is 0 Å². The molecule has 0 aliphatic carbocycles. The number of nitrogens with zero attached hydrogens (tertiary/aromatic N) is 1. The Balaban J connectivity index is 0.00000676. The van der Waals surface area contributed by atoms with Crippen LogP contribution in [0.1, 0.15) is 25.8 Å². The monoisotopic (exact) mass is 501 g/mol. The molecule has 1 rings (SSSR count). The van der Waals surface area contributed by atoms with Crippen LogP contribution >= 0.6 is 24.0 Å².